The Morgan fingerprint density at radius 3 is 2.73 bits per heavy atom. The molecule has 0 saturated carbocycles. The first-order valence-electron chi connectivity index (χ1n) is 3.57. The van der Waals surface area contributed by atoms with Crippen LogP contribution in [-0.4, -0.2) is 6.21 Å². The van der Waals surface area contributed by atoms with Gasteiger partial charge in [0.1, 0.15) is 5.82 Å². The maximum Gasteiger partial charge on any atom is 0.132 e. The lowest BCUT2D eigenvalue weighted by Gasteiger charge is -2.01. The number of hydrogen-bond acceptors (Lipinski definition) is 1. The normalized spacial score (nSPS) is 9.64. The third-order valence-corrected chi connectivity index (χ3v) is 1.67. The van der Waals surface area contributed by atoms with E-state index in [-0.39, 0.29) is 5.82 Å². The Morgan fingerprint density at radius 2 is 2.27 bits per heavy atom. The molecule has 0 unspecified atom stereocenters. The lowest BCUT2D eigenvalue weighted by Crippen LogP contribution is -1.94. The standard InChI is InChI=1S/C9H10FN/c1-2-7-4-3-5-9(10)8(7)6-11/h3-6,11H,2H2,1H3. The summed E-state index contributed by atoms with van der Waals surface area (Å²) in [5.74, 6) is -0.306. The summed E-state index contributed by atoms with van der Waals surface area (Å²) >= 11 is 0. The molecule has 0 aliphatic heterocycles. The van der Waals surface area contributed by atoms with Crippen LogP contribution < -0.4 is 0 Å². The zero-order chi connectivity index (χ0) is 8.27. The van der Waals surface area contributed by atoms with Gasteiger partial charge in [0.15, 0.2) is 0 Å². The largest absolute Gasteiger partial charge is 0.308 e. The summed E-state index contributed by atoms with van der Waals surface area (Å²) in [6, 6.07) is 4.88. The molecule has 0 fully saturated rings. The third kappa shape index (κ3) is 1.45. The molecule has 0 amide bonds. The Bertz CT molecular complexity index is 268. The van der Waals surface area contributed by atoms with E-state index in [1.807, 2.05) is 13.0 Å². The summed E-state index contributed by atoms with van der Waals surface area (Å²) in [7, 11) is 0. The second kappa shape index (κ2) is 3.28. The maximum atomic E-state index is 12.9. The van der Waals surface area contributed by atoms with Gasteiger partial charge in [-0.15, -0.1) is 0 Å². The third-order valence-electron chi connectivity index (χ3n) is 1.67. The fourth-order valence-corrected chi connectivity index (χ4v) is 1.05. The minimum absolute atomic E-state index is 0.306. The molecule has 11 heavy (non-hydrogen) atoms. The molecule has 0 aliphatic carbocycles. The molecule has 0 spiro atoms. The average Bonchev–Trinajstić information content (AvgIpc) is 2.04. The van der Waals surface area contributed by atoms with Crippen LogP contribution in [0, 0.1) is 11.2 Å². The van der Waals surface area contributed by atoms with Crippen molar-refractivity contribution in [3.8, 4) is 0 Å². The quantitative estimate of drug-likeness (QED) is 0.627. The second-order valence-electron chi connectivity index (χ2n) is 2.31. The molecular weight excluding hydrogens is 141 g/mol. The number of aryl methyl sites for hydroxylation is 1. The predicted molar refractivity (Wildman–Crippen MR) is 43.7 cm³/mol. The number of rotatable bonds is 2. The van der Waals surface area contributed by atoms with E-state index in [1.54, 1.807) is 6.07 Å². The van der Waals surface area contributed by atoms with E-state index in [0.717, 1.165) is 18.2 Å². The summed E-state index contributed by atoms with van der Waals surface area (Å²) in [4.78, 5) is 0. The number of benzene rings is 1. The van der Waals surface area contributed by atoms with Crippen LogP contribution in [0.15, 0.2) is 18.2 Å². The minimum atomic E-state index is -0.306. The van der Waals surface area contributed by atoms with Crippen molar-refractivity contribution in [2.75, 3.05) is 0 Å². The zero-order valence-corrected chi connectivity index (χ0v) is 6.39. The van der Waals surface area contributed by atoms with Gasteiger partial charge >= 0.3 is 0 Å². The Hall–Kier alpha value is -1.18. The van der Waals surface area contributed by atoms with E-state index in [2.05, 4.69) is 0 Å². The second-order valence-corrected chi connectivity index (χ2v) is 2.31. The molecule has 0 saturated heterocycles. The molecule has 1 nitrogen and oxygen atoms in total. The molecule has 0 heterocycles. The summed E-state index contributed by atoms with van der Waals surface area (Å²) in [5.41, 5.74) is 1.30. The Kier molecular flexibility index (Phi) is 2.36. The topological polar surface area (TPSA) is 23.9 Å². The van der Waals surface area contributed by atoms with Gasteiger partial charge in [-0.3, -0.25) is 0 Å². The van der Waals surface area contributed by atoms with Crippen LogP contribution in [0.1, 0.15) is 18.1 Å². The van der Waals surface area contributed by atoms with Gasteiger partial charge < -0.3 is 5.41 Å². The van der Waals surface area contributed by atoms with Crippen LogP contribution in [-0.2, 0) is 6.42 Å². The van der Waals surface area contributed by atoms with Crippen molar-refractivity contribution in [1.29, 1.82) is 5.41 Å². The summed E-state index contributed by atoms with van der Waals surface area (Å²) in [6.45, 7) is 1.95. The van der Waals surface area contributed by atoms with Gasteiger partial charge in [0.25, 0.3) is 0 Å². The van der Waals surface area contributed by atoms with Crippen molar-refractivity contribution in [2.45, 2.75) is 13.3 Å². The van der Waals surface area contributed by atoms with Crippen molar-refractivity contribution < 1.29 is 4.39 Å². The van der Waals surface area contributed by atoms with Crippen LogP contribution in [0.3, 0.4) is 0 Å². The van der Waals surface area contributed by atoms with Gasteiger partial charge in [0, 0.05) is 11.8 Å². The molecule has 0 aromatic heterocycles. The molecule has 1 N–H and O–H groups in total. The van der Waals surface area contributed by atoms with Crippen molar-refractivity contribution >= 4 is 6.21 Å². The van der Waals surface area contributed by atoms with Crippen LogP contribution in [0.5, 0.6) is 0 Å². The fraction of sp³-hybridized carbons (Fsp3) is 0.222. The SMILES string of the molecule is CCc1cccc(F)c1C=N. The van der Waals surface area contributed by atoms with Gasteiger partial charge in [-0.05, 0) is 18.1 Å². The van der Waals surface area contributed by atoms with E-state index in [9.17, 15) is 4.39 Å². The van der Waals surface area contributed by atoms with Crippen molar-refractivity contribution in [3.63, 3.8) is 0 Å². The summed E-state index contributed by atoms with van der Waals surface area (Å²) < 4.78 is 12.9. The molecule has 0 bridgehead atoms. The highest BCUT2D eigenvalue weighted by Gasteiger charge is 2.02. The Labute approximate surface area is 65.4 Å². The van der Waals surface area contributed by atoms with Gasteiger partial charge in [-0.2, -0.15) is 0 Å². The van der Waals surface area contributed by atoms with Gasteiger partial charge in [-0.25, -0.2) is 4.39 Å². The molecular formula is C9H10FN. The van der Waals surface area contributed by atoms with E-state index >= 15 is 0 Å². The van der Waals surface area contributed by atoms with Crippen LogP contribution >= 0.6 is 0 Å². The number of halogens is 1. The first-order valence-corrected chi connectivity index (χ1v) is 3.57. The molecule has 1 aromatic rings. The number of hydrogen-bond donors (Lipinski definition) is 1. The molecule has 0 atom stereocenters. The number of nitrogens with one attached hydrogen (secondary N) is 1. The van der Waals surface area contributed by atoms with Crippen molar-refractivity contribution in [3.05, 3.63) is 35.1 Å². The highest BCUT2D eigenvalue weighted by atomic mass is 19.1. The summed E-state index contributed by atoms with van der Waals surface area (Å²) in [6.07, 6.45) is 1.83. The van der Waals surface area contributed by atoms with E-state index in [4.69, 9.17) is 5.41 Å². The molecule has 0 aliphatic rings. The van der Waals surface area contributed by atoms with Gasteiger partial charge in [0.2, 0.25) is 0 Å². The first kappa shape index (κ1) is 7.92. The lowest BCUT2D eigenvalue weighted by molar-refractivity contribution is 0.623. The van der Waals surface area contributed by atoms with Gasteiger partial charge in [0.05, 0.1) is 0 Å². The maximum absolute atomic E-state index is 12.9. The van der Waals surface area contributed by atoms with Gasteiger partial charge in [-0.1, -0.05) is 19.1 Å². The Balaban J connectivity index is 3.24. The van der Waals surface area contributed by atoms with Crippen molar-refractivity contribution in [2.24, 2.45) is 0 Å². The van der Waals surface area contributed by atoms with E-state index in [1.165, 1.54) is 6.07 Å². The van der Waals surface area contributed by atoms with E-state index < -0.39 is 0 Å². The fourth-order valence-electron chi connectivity index (χ4n) is 1.05. The molecule has 2 heteroatoms. The highest BCUT2D eigenvalue weighted by Crippen LogP contribution is 2.11. The summed E-state index contributed by atoms with van der Waals surface area (Å²) in [5, 5.41) is 6.96. The van der Waals surface area contributed by atoms with Crippen LogP contribution in [0.2, 0.25) is 0 Å². The molecule has 58 valence electrons. The van der Waals surface area contributed by atoms with E-state index in [0.29, 0.717) is 5.56 Å². The highest BCUT2D eigenvalue weighted by molar-refractivity contribution is 5.79. The van der Waals surface area contributed by atoms with Crippen LogP contribution in [0.4, 0.5) is 4.39 Å². The van der Waals surface area contributed by atoms with Crippen LogP contribution in [0.25, 0.3) is 0 Å². The first-order chi connectivity index (χ1) is 5.29. The molecule has 0 radical (unpaired) electrons. The molecule has 1 aromatic carbocycles. The Morgan fingerprint density at radius 1 is 1.55 bits per heavy atom. The zero-order valence-electron chi connectivity index (χ0n) is 6.39. The average molecular weight is 151 g/mol. The molecule has 1 rings (SSSR count). The monoisotopic (exact) mass is 151 g/mol. The van der Waals surface area contributed by atoms with Crippen molar-refractivity contribution in [1.82, 2.24) is 0 Å². The predicted octanol–water partition coefficient (Wildman–Crippen LogP) is 2.39. The lowest BCUT2D eigenvalue weighted by atomic mass is 10.1. The minimum Gasteiger partial charge on any atom is -0.308 e. The smallest absolute Gasteiger partial charge is 0.132 e.